The smallest absolute Gasteiger partial charge is 0.307 e. The highest BCUT2D eigenvalue weighted by molar-refractivity contribution is 7.99. The normalized spacial score (nSPS) is 10.6. The number of methoxy groups -OCH3 is 1. The molecule has 156 valence electrons. The number of ether oxygens (including phenoxy) is 1. The van der Waals surface area contributed by atoms with Gasteiger partial charge in [0.05, 0.1) is 35.1 Å². The summed E-state index contributed by atoms with van der Waals surface area (Å²) >= 11 is 2.28. The second-order valence-corrected chi connectivity index (χ2v) is 7.85. The van der Waals surface area contributed by atoms with E-state index in [1.54, 1.807) is 41.8 Å². The lowest BCUT2D eigenvalue weighted by Crippen LogP contribution is -2.42. The Kier molecular flexibility index (Phi) is 7.20. The second-order valence-electron chi connectivity index (χ2n) is 5.96. The van der Waals surface area contributed by atoms with E-state index in [2.05, 4.69) is 20.6 Å². The van der Waals surface area contributed by atoms with Crippen molar-refractivity contribution < 1.29 is 19.1 Å². The number of hydrogen-bond donors (Lipinski definition) is 2. The summed E-state index contributed by atoms with van der Waals surface area (Å²) in [6.07, 6.45) is -0.00689. The third-order valence-corrected chi connectivity index (χ3v) is 5.83. The monoisotopic (exact) mass is 446 g/mol. The number of thiophene rings is 1. The number of nitrogens with zero attached hydrogens (tertiary/aromatic N) is 2. The minimum Gasteiger partial charge on any atom is -0.469 e. The van der Waals surface area contributed by atoms with Crippen molar-refractivity contribution in [3.8, 4) is 0 Å². The highest BCUT2D eigenvalue weighted by Gasteiger charge is 2.15. The summed E-state index contributed by atoms with van der Waals surface area (Å²) in [6.45, 7) is 0.0718. The zero-order valence-electron chi connectivity index (χ0n) is 15.9. The fourth-order valence-corrected chi connectivity index (χ4v) is 3.97. The average Bonchev–Trinajstić information content (AvgIpc) is 3.30. The third kappa shape index (κ3) is 5.24. The van der Waals surface area contributed by atoms with E-state index in [0.717, 1.165) is 11.8 Å². The van der Waals surface area contributed by atoms with Crippen LogP contribution in [-0.4, -0.2) is 40.2 Å². The van der Waals surface area contributed by atoms with Crippen LogP contribution in [0.5, 0.6) is 0 Å². The van der Waals surface area contributed by atoms with Crippen LogP contribution in [0.1, 0.15) is 16.1 Å². The SMILES string of the molecule is COC(=O)CCn1c(SCC(=O)NNC(=O)c2cccs2)nc2ccccc2c1=O. The molecule has 0 unspecified atom stereocenters. The molecule has 9 nitrogen and oxygen atoms in total. The zero-order chi connectivity index (χ0) is 21.5. The van der Waals surface area contributed by atoms with Crippen LogP contribution in [0.3, 0.4) is 0 Å². The first-order chi connectivity index (χ1) is 14.5. The van der Waals surface area contributed by atoms with E-state index in [9.17, 15) is 19.2 Å². The molecule has 11 heteroatoms. The van der Waals surface area contributed by atoms with Gasteiger partial charge in [-0.05, 0) is 23.6 Å². The molecule has 0 aliphatic rings. The lowest BCUT2D eigenvalue weighted by Gasteiger charge is -2.12. The number of hydrogen-bond acceptors (Lipinski definition) is 8. The summed E-state index contributed by atoms with van der Waals surface area (Å²) in [7, 11) is 1.27. The number of aromatic nitrogens is 2. The van der Waals surface area contributed by atoms with E-state index in [0.29, 0.717) is 20.9 Å². The summed E-state index contributed by atoms with van der Waals surface area (Å²) in [4.78, 5) is 53.3. The van der Waals surface area contributed by atoms with Crippen molar-refractivity contribution in [2.24, 2.45) is 0 Å². The van der Waals surface area contributed by atoms with Crippen LogP contribution < -0.4 is 16.4 Å². The molecular weight excluding hydrogens is 428 g/mol. The fourth-order valence-electron chi connectivity index (χ4n) is 2.52. The molecule has 0 saturated carbocycles. The molecule has 1 aromatic carbocycles. The summed E-state index contributed by atoms with van der Waals surface area (Å²) in [5, 5.41) is 2.47. The van der Waals surface area contributed by atoms with Gasteiger partial charge in [0.2, 0.25) is 5.91 Å². The molecule has 2 aromatic heterocycles. The van der Waals surface area contributed by atoms with E-state index in [-0.39, 0.29) is 24.3 Å². The number of amides is 2. The maximum absolute atomic E-state index is 12.8. The predicted molar refractivity (Wildman–Crippen MR) is 113 cm³/mol. The van der Waals surface area contributed by atoms with Crippen LogP contribution in [0, 0.1) is 0 Å². The Labute approximate surface area is 179 Å². The van der Waals surface area contributed by atoms with Gasteiger partial charge in [-0.25, -0.2) is 4.98 Å². The minimum atomic E-state index is -0.466. The number of hydrazine groups is 1. The van der Waals surface area contributed by atoms with E-state index < -0.39 is 17.8 Å². The Morgan fingerprint density at radius 2 is 1.97 bits per heavy atom. The Balaban J connectivity index is 1.71. The molecule has 2 heterocycles. The standard InChI is InChI=1S/C19H18N4O5S2/c1-28-16(25)8-9-23-18(27)12-5-2-3-6-13(12)20-19(23)30-11-15(24)21-22-17(26)14-7-4-10-29-14/h2-7,10H,8-9,11H2,1H3,(H,21,24)(H,22,26). The summed E-state index contributed by atoms with van der Waals surface area (Å²) in [5.41, 5.74) is 4.85. The van der Waals surface area contributed by atoms with Gasteiger partial charge in [0, 0.05) is 6.54 Å². The molecule has 0 spiro atoms. The van der Waals surface area contributed by atoms with E-state index in [1.165, 1.54) is 23.0 Å². The van der Waals surface area contributed by atoms with Crippen molar-refractivity contribution in [2.45, 2.75) is 18.1 Å². The van der Waals surface area contributed by atoms with E-state index >= 15 is 0 Å². The van der Waals surface area contributed by atoms with Crippen molar-refractivity contribution in [2.75, 3.05) is 12.9 Å². The third-order valence-electron chi connectivity index (χ3n) is 3.99. The van der Waals surface area contributed by atoms with Crippen molar-refractivity contribution >= 4 is 51.8 Å². The van der Waals surface area contributed by atoms with Gasteiger partial charge in [0.25, 0.3) is 11.5 Å². The lowest BCUT2D eigenvalue weighted by molar-refractivity contribution is -0.140. The predicted octanol–water partition coefficient (Wildman–Crippen LogP) is 1.57. The summed E-state index contributed by atoms with van der Waals surface area (Å²) in [5.74, 6) is -1.43. The number of para-hydroxylation sites is 1. The number of rotatable bonds is 7. The molecule has 0 saturated heterocycles. The van der Waals surface area contributed by atoms with Crippen LogP contribution in [0.15, 0.2) is 51.7 Å². The topological polar surface area (TPSA) is 119 Å². The number of nitrogens with one attached hydrogen (secondary N) is 2. The lowest BCUT2D eigenvalue weighted by atomic mass is 10.2. The van der Waals surface area contributed by atoms with Crippen LogP contribution >= 0.6 is 23.1 Å². The summed E-state index contributed by atoms with van der Waals surface area (Å²) in [6, 6.07) is 10.2. The number of thioether (sulfide) groups is 1. The van der Waals surface area contributed by atoms with Crippen LogP contribution in [0.2, 0.25) is 0 Å². The first-order valence-corrected chi connectivity index (χ1v) is 10.7. The molecule has 3 rings (SSSR count). The number of fused-ring (bicyclic) bond motifs is 1. The average molecular weight is 447 g/mol. The number of carbonyl (C=O) groups is 3. The molecule has 0 radical (unpaired) electrons. The first-order valence-electron chi connectivity index (χ1n) is 8.81. The van der Waals surface area contributed by atoms with Gasteiger partial charge in [-0.2, -0.15) is 0 Å². The Morgan fingerprint density at radius 1 is 1.17 bits per heavy atom. The second kappa shape index (κ2) is 10.0. The van der Waals surface area contributed by atoms with Crippen LogP contribution in [0.25, 0.3) is 10.9 Å². The number of carbonyl (C=O) groups excluding carboxylic acids is 3. The van der Waals surface area contributed by atoms with E-state index in [1.807, 2.05) is 0 Å². The Morgan fingerprint density at radius 3 is 2.70 bits per heavy atom. The highest BCUT2D eigenvalue weighted by Crippen LogP contribution is 2.18. The highest BCUT2D eigenvalue weighted by atomic mass is 32.2. The largest absolute Gasteiger partial charge is 0.469 e. The van der Waals surface area contributed by atoms with Crippen LogP contribution in [0.4, 0.5) is 0 Å². The maximum atomic E-state index is 12.8. The molecule has 2 amide bonds. The van der Waals surface area contributed by atoms with Crippen molar-refractivity contribution in [3.05, 3.63) is 57.0 Å². The van der Waals surface area contributed by atoms with Gasteiger partial charge in [0.15, 0.2) is 5.16 Å². The molecule has 0 bridgehead atoms. The van der Waals surface area contributed by atoms with Gasteiger partial charge >= 0.3 is 5.97 Å². The first kappa shape index (κ1) is 21.5. The molecule has 0 aliphatic heterocycles. The fraction of sp³-hybridized carbons (Fsp3) is 0.211. The van der Waals surface area contributed by atoms with Gasteiger partial charge in [-0.3, -0.25) is 34.6 Å². The molecule has 0 fully saturated rings. The number of esters is 1. The van der Waals surface area contributed by atoms with Crippen molar-refractivity contribution in [1.82, 2.24) is 20.4 Å². The van der Waals surface area contributed by atoms with Gasteiger partial charge in [-0.15, -0.1) is 11.3 Å². The minimum absolute atomic E-state index is 0.00689. The van der Waals surface area contributed by atoms with Crippen LogP contribution in [-0.2, 0) is 20.9 Å². The Hall–Kier alpha value is -3.18. The van der Waals surface area contributed by atoms with Gasteiger partial charge in [0.1, 0.15) is 0 Å². The summed E-state index contributed by atoms with van der Waals surface area (Å²) < 4.78 is 5.99. The zero-order valence-corrected chi connectivity index (χ0v) is 17.5. The molecular formula is C19H18N4O5S2. The molecule has 2 N–H and O–H groups in total. The van der Waals surface area contributed by atoms with Gasteiger partial charge in [-0.1, -0.05) is 30.0 Å². The van der Waals surface area contributed by atoms with Crippen molar-refractivity contribution in [3.63, 3.8) is 0 Å². The van der Waals surface area contributed by atoms with Crippen molar-refractivity contribution in [1.29, 1.82) is 0 Å². The Bertz CT molecular complexity index is 1130. The molecule has 0 aliphatic carbocycles. The maximum Gasteiger partial charge on any atom is 0.307 e. The quantitative estimate of drug-likeness (QED) is 0.245. The van der Waals surface area contributed by atoms with E-state index in [4.69, 9.17) is 0 Å². The van der Waals surface area contributed by atoms with Gasteiger partial charge < -0.3 is 4.74 Å². The number of benzene rings is 1. The molecule has 0 atom stereocenters. The molecule has 30 heavy (non-hydrogen) atoms. The molecule has 3 aromatic rings.